The van der Waals surface area contributed by atoms with Gasteiger partial charge in [0.05, 0.1) is 21.1 Å². The summed E-state index contributed by atoms with van der Waals surface area (Å²) >= 11 is 0. The van der Waals surface area contributed by atoms with Crippen LogP contribution in [0.2, 0.25) is 0 Å². The Hall–Kier alpha value is -0.320. The van der Waals surface area contributed by atoms with Gasteiger partial charge in [-0.15, -0.1) is 0 Å². The molecule has 0 saturated heterocycles. The number of halogens is 1. The van der Waals surface area contributed by atoms with Gasteiger partial charge < -0.3 is 16.9 Å². The molecule has 0 aromatic rings. The van der Waals surface area contributed by atoms with E-state index in [1.165, 1.54) is 0 Å². The van der Waals surface area contributed by atoms with Crippen LogP contribution in [0.25, 0.3) is 0 Å². The largest absolute Gasteiger partial charge is 1.00 e. The summed E-state index contributed by atoms with van der Waals surface area (Å²) in [4.78, 5) is 10.6. The third-order valence-corrected chi connectivity index (χ3v) is 0.779. The Labute approximate surface area is 67.3 Å². The molecular formula is C5H14ClN3O. The van der Waals surface area contributed by atoms with Gasteiger partial charge in [0.2, 0.25) is 0 Å². The van der Waals surface area contributed by atoms with E-state index in [9.17, 15) is 4.79 Å². The summed E-state index contributed by atoms with van der Waals surface area (Å²) in [5.74, 6) is 4.73. The van der Waals surface area contributed by atoms with E-state index >= 15 is 0 Å². The van der Waals surface area contributed by atoms with Gasteiger partial charge in [0.15, 0.2) is 6.54 Å². The van der Waals surface area contributed by atoms with Crippen molar-refractivity contribution in [3.05, 3.63) is 0 Å². The van der Waals surface area contributed by atoms with Crippen LogP contribution in [0.1, 0.15) is 0 Å². The number of carbonyl (C=O) groups excluding carboxylic acids is 1. The summed E-state index contributed by atoms with van der Waals surface area (Å²) in [5, 5.41) is 0. The number of quaternary nitrogens is 1. The molecule has 0 fully saturated rings. The number of hydrazine groups is 1. The van der Waals surface area contributed by atoms with Crippen LogP contribution in [0.3, 0.4) is 0 Å². The fraction of sp³-hybridized carbons (Fsp3) is 0.800. The molecule has 0 atom stereocenters. The summed E-state index contributed by atoms with van der Waals surface area (Å²) < 4.78 is 0.600. The Bertz CT molecular complexity index is 110. The summed E-state index contributed by atoms with van der Waals surface area (Å²) in [6, 6.07) is 0. The zero-order valence-electron chi connectivity index (χ0n) is 6.52. The molecule has 3 N–H and O–H groups in total. The van der Waals surface area contributed by atoms with Crippen LogP contribution in [0, 0.1) is 0 Å². The van der Waals surface area contributed by atoms with E-state index in [1.54, 1.807) is 0 Å². The predicted octanol–water partition coefficient (Wildman–Crippen LogP) is -4.31. The fourth-order valence-corrected chi connectivity index (χ4v) is 0.476. The average Bonchev–Trinajstić information content (AvgIpc) is 1.62. The van der Waals surface area contributed by atoms with Gasteiger partial charge in [0.25, 0.3) is 5.91 Å². The quantitative estimate of drug-likeness (QED) is 0.189. The van der Waals surface area contributed by atoms with Crippen molar-refractivity contribution in [2.75, 3.05) is 27.7 Å². The lowest BCUT2D eigenvalue weighted by atomic mass is 10.5. The van der Waals surface area contributed by atoms with E-state index in [1.807, 2.05) is 21.1 Å². The molecule has 0 aliphatic carbocycles. The van der Waals surface area contributed by atoms with Crippen molar-refractivity contribution in [3.8, 4) is 0 Å². The Morgan fingerprint density at radius 1 is 1.50 bits per heavy atom. The maximum absolute atomic E-state index is 10.6. The van der Waals surface area contributed by atoms with Crippen molar-refractivity contribution >= 4 is 5.91 Å². The van der Waals surface area contributed by atoms with Crippen molar-refractivity contribution in [1.82, 2.24) is 5.43 Å². The molecule has 0 unspecified atom stereocenters. The minimum Gasteiger partial charge on any atom is -1.00 e. The van der Waals surface area contributed by atoms with E-state index in [0.717, 1.165) is 0 Å². The number of nitrogens with one attached hydrogen (secondary N) is 1. The van der Waals surface area contributed by atoms with Crippen molar-refractivity contribution in [2.45, 2.75) is 0 Å². The maximum atomic E-state index is 10.6. The number of carbonyl (C=O) groups is 1. The van der Waals surface area contributed by atoms with E-state index < -0.39 is 0 Å². The van der Waals surface area contributed by atoms with E-state index in [-0.39, 0.29) is 18.3 Å². The van der Waals surface area contributed by atoms with E-state index in [4.69, 9.17) is 5.84 Å². The molecule has 0 radical (unpaired) electrons. The molecule has 0 aromatic carbocycles. The molecule has 0 spiro atoms. The Morgan fingerprint density at radius 3 is 2.00 bits per heavy atom. The van der Waals surface area contributed by atoms with Gasteiger partial charge in [0, 0.05) is 0 Å². The summed E-state index contributed by atoms with van der Waals surface area (Å²) in [7, 11) is 5.78. The van der Waals surface area contributed by atoms with Crippen molar-refractivity contribution in [1.29, 1.82) is 0 Å². The minimum absolute atomic E-state index is 0. The first-order valence-electron chi connectivity index (χ1n) is 2.75. The van der Waals surface area contributed by atoms with Crippen LogP contribution in [0.5, 0.6) is 0 Å². The Kier molecular flexibility index (Phi) is 5.55. The number of rotatable bonds is 2. The molecule has 0 aliphatic rings. The highest BCUT2D eigenvalue weighted by Gasteiger charge is 2.11. The first kappa shape index (κ1) is 12.4. The fourth-order valence-electron chi connectivity index (χ4n) is 0.476. The van der Waals surface area contributed by atoms with Gasteiger partial charge in [-0.1, -0.05) is 0 Å². The molecule has 1 amide bonds. The van der Waals surface area contributed by atoms with E-state index in [0.29, 0.717) is 11.0 Å². The Balaban J connectivity index is 0. The van der Waals surface area contributed by atoms with Gasteiger partial charge in [0.1, 0.15) is 0 Å². The molecular weight excluding hydrogens is 154 g/mol. The predicted molar refractivity (Wildman–Crippen MR) is 35.2 cm³/mol. The smallest absolute Gasteiger partial charge is 0.289 e. The summed E-state index contributed by atoms with van der Waals surface area (Å²) in [6.45, 7) is 0.413. The second kappa shape index (κ2) is 4.49. The van der Waals surface area contributed by atoms with Gasteiger partial charge in [-0.25, -0.2) is 5.84 Å². The highest BCUT2D eigenvalue weighted by atomic mass is 35.5. The molecule has 10 heavy (non-hydrogen) atoms. The lowest BCUT2D eigenvalue weighted by Gasteiger charge is -2.21. The minimum atomic E-state index is -0.137. The molecule has 0 aromatic heterocycles. The number of nitrogens with zero attached hydrogens (tertiary/aromatic N) is 1. The molecule has 0 saturated carbocycles. The monoisotopic (exact) mass is 167 g/mol. The normalized spacial score (nSPS) is 10.0. The number of likely N-dealkylation sites (N-methyl/N-ethyl adjacent to an activating group) is 1. The third-order valence-electron chi connectivity index (χ3n) is 0.779. The first-order chi connectivity index (χ1) is 3.95. The standard InChI is InChI=1S/C5H13N3O.ClH/c1-8(2,3)4-5(9)7-6;/h4,6H2,1-3H3;1H. The van der Waals surface area contributed by atoms with Gasteiger partial charge >= 0.3 is 0 Å². The zero-order valence-corrected chi connectivity index (χ0v) is 7.27. The molecule has 4 nitrogen and oxygen atoms in total. The average molecular weight is 168 g/mol. The second-order valence-corrected chi connectivity index (χ2v) is 3.02. The van der Waals surface area contributed by atoms with Crippen LogP contribution in [-0.2, 0) is 4.79 Å². The topological polar surface area (TPSA) is 55.1 Å². The van der Waals surface area contributed by atoms with Crippen LogP contribution in [0.4, 0.5) is 0 Å². The number of hydrogen-bond acceptors (Lipinski definition) is 2. The lowest BCUT2D eigenvalue weighted by Crippen LogP contribution is -3.00. The summed E-state index contributed by atoms with van der Waals surface area (Å²) in [6.07, 6.45) is 0. The van der Waals surface area contributed by atoms with Crippen molar-refractivity contribution < 1.29 is 21.7 Å². The van der Waals surface area contributed by atoms with E-state index in [2.05, 4.69) is 5.43 Å². The van der Waals surface area contributed by atoms with Gasteiger partial charge in [-0.05, 0) is 0 Å². The summed E-state index contributed by atoms with van der Waals surface area (Å²) in [5.41, 5.74) is 2.07. The highest BCUT2D eigenvalue weighted by molar-refractivity contribution is 5.76. The van der Waals surface area contributed by atoms with Crippen LogP contribution >= 0.6 is 0 Å². The second-order valence-electron chi connectivity index (χ2n) is 3.02. The number of nitrogens with two attached hydrogens (primary N) is 1. The van der Waals surface area contributed by atoms with Crippen molar-refractivity contribution in [2.24, 2.45) is 5.84 Å². The molecule has 0 heterocycles. The van der Waals surface area contributed by atoms with Gasteiger partial charge in [-0.2, -0.15) is 0 Å². The SMILES string of the molecule is C[N+](C)(C)CC(=O)NN.[Cl-]. The number of amides is 1. The molecule has 0 bridgehead atoms. The molecule has 62 valence electrons. The Morgan fingerprint density at radius 2 is 1.90 bits per heavy atom. The van der Waals surface area contributed by atoms with Crippen LogP contribution in [-0.4, -0.2) is 38.1 Å². The van der Waals surface area contributed by atoms with Crippen molar-refractivity contribution in [3.63, 3.8) is 0 Å². The van der Waals surface area contributed by atoms with Gasteiger partial charge in [-0.3, -0.25) is 10.2 Å². The molecule has 0 rings (SSSR count). The first-order valence-corrected chi connectivity index (χ1v) is 2.75. The highest BCUT2D eigenvalue weighted by Crippen LogP contribution is 1.86. The maximum Gasteiger partial charge on any atom is 0.289 e. The van der Waals surface area contributed by atoms with Crippen LogP contribution < -0.4 is 23.7 Å². The third kappa shape index (κ3) is 7.68. The molecule has 0 aliphatic heterocycles. The zero-order chi connectivity index (χ0) is 7.49. The molecule has 5 heteroatoms. The van der Waals surface area contributed by atoms with Crippen LogP contribution in [0.15, 0.2) is 0 Å². The number of hydrogen-bond donors (Lipinski definition) is 2. The lowest BCUT2D eigenvalue weighted by molar-refractivity contribution is -0.862.